The maximum absolute atomic E-state index is 11.1. The number of carbonyl (C=O) groups excluding carboxylic acids is 1. The molecule has 1 heterocycles. The fraction of sp³-hybridized carbons (Fsp3) is 0.368. The number of nitrogens with zero attached hydrogens (tertiary/aromatic N) is 1. The summed E-state index contributed by atoms with van der Waals surface area (Å²) in [5, 5.41) is 0. The van der Waals surface area contributed by atoms with Crippen LogP contribution < -0.4 is 0 Å². The van der Waals surface area contributed by atoms with Crippen molar-refractivity contribution in [1.82, 2.24) is 4.98 Å². The fourth-order valence-electron chi connectivity index (χ4n) is 2.62. The lowest BCUT2D eigenvalue weighted by atomic mass is 9.91. The monoisotopic (exact) mass is 361 g/mol. The molecule has 0 spiro atoms. The summed E-state index contributed by atoms with van der Waals surface area (Å²) in [5.41, 5.74) is 8.31. The molecule has 118 valence electrons. The summed E-state index contributed by atoms with van der Waals surface area (Å²) in [6, 6.07) is 4.25. The molecule has 0 unspecified atom stereocenters. The second-order valence-corrected chi connectivity index (χ2v) is 6.46. The number of aryl methyl sites for hydroxylation is 3. The predicted octanol–water partition coefficient (Wildman–Crippen LogP) is 5.31. The van der Waals surface area contributed by atoms with Gasteiger partial charge in [-0.25, -0.2) is 0 Å². The summed E-state index contributed by atoms with van der Waals surface area (Å²) < 4.78 is 0.913. The van der Waals surface area contributed by atoms with Gasteiger partial charge < -0.3 is 0 Å². The minimum atomic E-state index is 0. The topological polar surface area (TPSA) is 30.0 Å². The van der Waals surface area contributed by atoms with Gasteiger partial charge >= 0.3 is 0 Å². The fourth-order valence-corrected chi connectivity index (χ4v) is 3.00. The van der Waals surface area contributed by atoms with Crippen molar-refractivity contribution in [2.45, 2.75) is 48.0 Å². The Hall–Kier alpha value is -1.48. The highest BCUT2D eigenvalue weighted by Crippen LogP contribution is 2.23. The van der Waals surface area contributed by atoms with E-state index in [4.69, 9.17) is 0 Å². The lowest BCUT2D eigenvalue weighted by Gasteiger charge is -2.14. The van der Waals surface area contributed by atoms with Gasteiger partial charge in [0, 0.05) is 10.7 Å². The Bertz CT molecular complexity index is 692. The summed E-state index contributed by atoms with van der Waals surface area (Å²) in [6.45, 7) is 8.68. The van der Waals surface area contributed by atoms with Gasteiger partial charge in [0.25, 0.3) is 0 Å². The molecule has 2 rings (SSSR count). The average Bonchev–Trinajstić information content (AvgIpc) is 2.47. The molecule has 1 aromatic heterocycles. The van der Waals surface area contributed by atoms with Gasteiger partial charge in [-0.3, -0.25) is 9.78 Å². The third-order valence-electron chi connectivity index (χ3n) is 4.33. The number of hydrogen-bond donors (Lipinski definition) is 0. The molecule has 3 heteroatoms. The standard InChI is InChI=1S/C18H20BrNO.CH4/c1-11-7-15(14(4)13(3)12(11)2)5-6-16-8-17(19)9-20-18(16)10-21;/h7-10H,5-6H2,1-4H3;1H4. The van der Waals surface area contributed by atoms with E-state index in [0.717, 1.165) is 29.2 Å². The molecule has 0 aliphatic rings. The Kier molecular flexibility index (Phi) is 6.48. The van der Waals surface area contributed by atoms with Crippen LogP contribution in [0.4, 0.5) is 0 Å². The zero-order valence-corrected chi connectivity index (χ0v) is 14.5. The van der Waals surface area contributed by atoms with E-state index in [0.29, 0.717) is 5.69 Å². The summed E-state index contributed by atoms with van der Waals surface area (Å²) in [4.78, 5) is 15.3. The van der Waals surface area contributed by atoms with Gasteiger partial charge in [-0.2, -0.15) is 0 Å². The van der Waals surface area contributed by atoms with Crippen LogP contribution in [-0.2, 0) is 12.8 Å². The van der Waals surface area contributed by atoms with Crippen LogP contribution in [0.2, 0.25) is 0 Å². The summed E-state index contributed by atoms with van der Waals surface area (Å²) in [7, 11) is 0. The Morgan fingerprint density at radius 2 is 1.64 bits per heavy atom. The highest BCUT2D eigenvalue weighted by Gasteiger charge is 2.09. The van der Waals surface area contributed by atoms with Crippen molar-refractivity contribution >= 4 is 22.2 Å². The molecular formula is C19H24BrNO. The molecule has 0 saturated heterocycles. The molecule has 0 aliphatic heterocycles. The molecule has 0 aliphatic carbocycles. The van der Waals surface area contributed by atoms with Crippen LogP contribution in [0.1, 0.15) is 51.3 Å². The zero-order valence-electron chi connectivity index (χ0n) is 13.0. The van der Waals surface area contributed by atoms with Gasteiger partial charge in [-0.05, 0) is 95.9 Å². The number of aromatic nitrogens is 1. The van der Waals surface area contributed by atoms with Crippen LogP contribution in [0.3, 0.4) is 0 Å². The quantitative estimate of drug-likeness (QED) is 0.690. The zero-order chi connectivity index (χ0) is 15.6. The molecular weight excluding hydrogens is 338 g/mol. The van der Waals surface area contributed by atoms with Gasteiger partial charge in [0.05, 0.1) is 0 Å². The largest absolute Gasteiger partial charge is 0.296 e. The SMILES string of the molecule is C.Cc1cc(CCc2cc(Br)cnc2C=O)c(C)c(C)c1C. The van der Waals surface area contributed by atoms with Crippen molar-refractivity contribution in [3.8, 4) is 0 Å². The first kappa shape index (κ1) is 18.6. The van der Waals surface area contributed by atoms with Crippen molar-refractivity contribution in [1.29, 1.82) is 0 Å². The van der Waals surface area contributed by atoms with E-state index in [1.54, 1.807) is 6.20 Å². The smallest absolute Gasteiger partial charge is 0.168 e. The number of halogens is 1. The maximum atomic E-state index is 11.1. The molecule has 2 nitrogen and oxygen atoms in total. The van der Waals surface area contributed by atoms with Gasteiger partial charge in [-0.1, -0.05) is 13.5 Å². The van der Waals surface area contributed by atoms with Gasteiger partial charge in [0.1, 0.15) is 5.69 Å². The van der Waals surface area contributed by atoms with Crippen molar-refractivity contribution in [2.24, 2.45) is 0 Å². The van der Waals surface area contributed by atoms with Crippen molar-refractivity contribution in [3.05, 3.63) is 61.9 Å². The maximum Gasteiger partial charge on any atom is 0.168 e. The first-order valence-corrected chi connectivity index (χ1v) is 7.89. The average molecular weight is 362 g/mol. The highest BCUT2D eigenvalue weighted by molar-refractivity contribution is 9.10. The predicted molar refractivity (Wildman–Crippen MR) is 96.9 cm³/mol. The van der Waals surface area contributed by atoms with Crippen LogP contribution in [0.15, 0.2) is 22.8 Å². The molecule has 0 fully saturated rings. The molecule has 0 N–H and O–H groups in total. The Balaban J connectivity index is 0.00000242. The number of benzene rings is 1. The lowest BCUT2D eigenvalue weighted by Crippen LogP contribution is -2.03. The van der Waals surface area contributed by atoms with Gasteiger partial charge in [0.15, 0.2) is 6.29 Å². The normalized spacial score (nSPS) is 10.2. The molecule has 0 saturated carbocycles. The third kappa shape index (κ3) is 3.83. The number of aldehydes is 1. The van der Waals surface area contributed by atoms with E-state index in [1.807, 2.05) is 6.07 Å². The summed E-state index contributed by atoms with van der Waals surface area (Å²) in [6.07, 6.45) is 4.25. The van der Waals surface area contributed by atoms with E-state index in [1.165, 1.54) is 27.8 Å². The Morgan fingerprint density at radius 1 is 1.00 bits per heavy atom. The van der Waals surface area contributed by atoms with Crippen LogP contribution >= 0.6 is 15.9 Å². The Morgan fingerprint density at radius 3 is 2.27 bits per heavy atom. The minimum Gasteiger partial charge on any atom is -0.296 e. The van der Waals surface area contributed by atoms with E-state index in [2.05, 4.69) is 54.7 Å². The molecule has 0 radical (unpaired) electrons. The number of rotatable bonds is 4. The Labute approximate surface area is 142 Å². The highest BCUT2D eigenvalue weighted by atomic mass is 79.9. The van der Waals surface area contributed by atoms with E-state index >= 15 is 0 Å². The van der Waals surface area contributed by atoms with Gasteiger partial charge in [-0.15, -0.1) is 0 Å². The van der Waals surface area contributed by atoms with E-state index < -0.39 is 0 Å². The van der Waals surface area contributed by atoms with Crippen molar-refractivity contribution < 1.29 is 4.79 Å². The molecule has 2 aromatic rings. The lowest BCUT2D eigenvalue weighted by molar-refractivity contribution is 0.111. The van der Waals surface area contributed by atoms with Crippen LogP contribution in [0, 0.1) is 27.7 Å². The molecule has 1 aromatic carbocycles. The van der Waals surface area contributed by atoms with Crippen LogP contribution in [0.5, 0.6) is 0 Å². The molecule has 0 amide bonds. The van der Waals surface area contributed by atoms with E-state index in [-0.39, 0.29) is 7.43 Å². The van der Waals surface area contributed by atoms with Crippen LogP contribution in [-0.4, -0.2) is 11.3 Å². The second kappa shape index (κ2) is 7.68. The second-order valence-electron chi connectivity index (χ2n) is 5.54. The van der Waals surface area contributed by atoms with Crippen molar-refractivity contribution in [2.75, 3.05) is 0 Å². The first-order valence-electron chi connectivity index (χ1n) is 7.10. The van der Waals surface area contributed by atoms with Crippen LogP contribution in [0.25, 0.3) is 0 Å². The molecule has 22 heavy (non-hydrogen) atoms. The molecule has 0 bridgehead atoms. The first-order chi connectivity index (χ1) is 9.93. The van der Waals surface area contributed by atoms with Crippen molar-refractivity contribution in [3.63, 3.8) is 0 Å². The number of pyridine rings is 1. The molecule has 0 atom stereocenters. The van der Waals surface area contributed by atoms with E-state index in [9.17, 15) is 4.79 Å². The summed E-state index contributed by atoms with van der Waals surface area (Å²) in [5.74, 6) is 0. The number of hydrogen-bond acceptors (Lipinski definition) is 2. The van der Waals surface area contributed by atoms with Gasteiger partial charge in [0.2, 0.25) is 0 Å². The minimum absolute atomic E-state index is 0. The summed E-state index contributed by atoms with van der Waals surface area (Å²) >= 11 is 3.42. The third-order valence-corrected chi connectivity index (χ3v) is 4.77. The number of carbonyl (C=O) groups is 1.